The molecule has 0 aliphatic rings. The molecule has 0 atom stereocenters. The molecule has 5 heteroatoms. The first-order valence-electron chi connectivity index (χ1n) is 5.40. The average Bonchev–Trinajstić information content (AvgIpc) is 2.28. The van der Waals surface area contributed by atoms with Crippen molar-refractivity contribution in [3.05, 3.63) is 28.2 Å². The zero-order chi connectivity index (χ0) is 12.8. The van der Waals surface area contributed by atoms with Gasteiger partial charge in [0.2, 0.25) is 5.91 Å². The van der Waals surface area contributed by atoms with Crippen LogP contribution in [0.25, 0.3) is 0 Å². The van der Waals surface area contributed by atoms with E-state index in [1.807, 2.05) is 6.07 Å². The minimum atomic E-state index is 0.140. The molecule has 0 radical (unpaired) electrons. The molecule has 1 N–H and O–H groups in total. The van der Waals surface area contributed by atoms with E-state index in [9.17, 15) is 4.79 Å². The van der Waals surface area contributed by atoms with Crippen molar-refractivity contribution in [2.75, 3.05) is 26.0 Å². The lowest BCUT2D eigenvalue weighted by molar-refractivity contribution is -0.128. The van der Waals surface area contributed by atoms with Crippen LogP contribution in [0.3, 0.4) is 0 Å². The molecular weight excluding hydrogens is 259 g/mol. The van der Waals surface area contributed by atoms with Crippen LogP contribution in [-0.2, 0) is 4.79 Å². The molecule has 0 unspecified atom stereocenters. The lowest BCUT2D eigenvalue weighted by atomic mass is 10.2. The lowest BCUT2D eigenvalue weighted by Crippen LogP contribution is -2.22. The van der Waals surface area contributed by atoms with Gasteiger partial charge in [-0.1, -0.05) is 23.2 Å². The summed E-state index contributed by atoms with van der Waals surface area (Å²) in [5, 5.41) is 4.26. The van der Waals surface area contributed by atoms with E-state index in [4.69, 9.17) is 23.2 Å². The third kappa shape index (κ3) is 4.84. The molecule has 94 valence electrons. The van der Waals surface area contributed by atoms with Gasteiger partial charge in [-0.05, 0) is 24.6 Å². The molecule has 17 heavy (non-hydrogen) atoms. The molecule has 0 saturated heterocycles. The fraction of sp³-hybridized carbons (Fsp3) is 0.417. The molecule has 0 saturated carbocycles. The number of nitrogens with one attached hydrogen (secondary N) is 1. The van der Waals surface area contributed by atoms with Crippen molar-refractivity contribution in [2.45, 2.75) is 12.8 Å². The monoisotopic (exact) mass is 274 g/mol. The molecule has 1 aromatic carbocycles. The second-order valence-electron chi connectivity index (χ2n) is 3.95. The number of rotatable bonds is 5. The van der Waals surface area contributed by atoms with Crippen LogP contribution in [0, 0.1) is 0 Å². The minimum Gasteiger partial charge on any atom is -0.385 e. The largest absolute Gasteiger partial charge is 0.385 e. The maximum absolute atomic E-state index is 11.3. The van der Waals surface area contributed by atoms with Crippen LogP contribution < -0.4 is 5.32 Å². The highest BCUT2D eigenvalue weighted by molar-refractivity contribution is 6.42. The normalized spacial score (nSPS) is 10.1. The van der Waals surface area contributed by atoms with Crippen molar-refractivity contribution < 1.29 is 4.79 Å². The van der Waals surface area contributed by atoms with Gasteiger partial charge in [0.15, 0.2) is 0 Å². The third-order valence-electron chi connectivity index (χ3n) is 2.31. The Kier molecular flexibility index (Phi) is 5.59. The Hall–Kier alpha value is -0.930. The third-order valence-corrected chi connectivity index (χ3v) is 3.05. The van der Waals surface area contributed by atoms with Crippen molar-refractivity contribution in [2.24, 2.45) is 0 Å². The Morgan fingerprint density at radius 1 is 1.29 bits per heavy atom. The zero-order valence-electron chi connectivity index (χ0n) is 9.96. The van der Waals surface area contributed by atoms with Gasteiger partial charge >= 0.3 is 0 Å². The zero-order valence-corrected chi connectivity index (χ0v) is 11.5. The summed E-state index contributed by atoms with van der Waals surface area (Å²) in [6.07, 6.45) is 1.33. The summed E-state index contributed by atoms with van der Waals surface area (Å²) >= 11 is 11.7. The molecule has 0 aliphatic carbocycles. The number of benzene rings is 1. The Labute approximate surface area is 112 Å². The molecule has 1 amide bonds. The van der Waals surface area contributed by atoms with Gasteiger partial charge in [-0.15, -0.1) is 0 Å². The predicted octanol–water partition coefficient (Wildman–Crippen LogP) is 3.27. The van der Waals surface area contributed by atoms with Crippen molar-refractivity contribution >= 4 is 34.8 Å². The lowest BCUT2D eigenvalue weighted by Gasteiger charge is -2.10. The van der Waals surface area contributed by atoms with Gasteiger partial charge in [0.1, 0.15) is 0 Å². The fourth-order valence-corrected chi connectivity index (χ4v) is 1.60. The van der Waals surface area contributed by atoms with Crippen LogP contribution in [0.15, 0.2) is 18.2 Å². The number of halogens is 2. The highest BCUT2D eigenvalue weighted by Crippen LogP contribution is 2.24. The number of nitrogens with zero attached hydrogens (tertiary/aromatic N) is 1. The summed E-state index contributed by atoms with van der Waals surface area (Å²) in [6, 6.07) is 5.39. The predicted molar refractivity (Wildman–Crippen MR) is 72.9 cm³/mol. The number of amides is 1. The number of carbonyl (C=O) groups excluding carboxylic acids is 1. The molecule has 0 spiro atoms. The number of anilines is 1. The summed E-state index contributed by atoms with van der Waals surface area (Å²) < 4.78 is 0. The first-order valence-corrected chi connectivity index (χ1v) is 6.15. The van der Waals surface area contributed by atoms with Gasteiger partial charge in [-0.3, -0.25) is 4.79 Å². The van der Waals surface area contributed by atoms with Gasteiger partial charge in [0.05, 0.1) is 10.0 Å². The average molecular weight is 275 g/mol. The summed E-state index contributed by atoms with van der Waals surface area (Å²) in [5.74, 6) is 0.140. The van der Waals surface area contributed by atoms with E-state index in [0.29, 0.717) is 16.5 Å². The standard InChI is InChI=1S/C12H16Cl2N2O/c1-16(2)12(17)4-3-7-15-9-5-6-10(13)11(14)8-9/h5-6,8,15H,3-4,7H2,1-2H3. The quantitative estimate of drug-likeness (QED) is 0.836. The maximum Gasteiger partial charge on any atom is 0.222 e. The number of carbonyl (C=O) groups is 1. The summed E-state index contributed by atoms with van der Waals surface area (Å²) in [5.41, 5.74) is 0.914. The van der Waals surface area contributed by atoms with Crippen LogP contribution in [0.1, 0.15) is 12.8 Å². The molecule has 0 aromatic heterocycles. The van der Waals surface area contributed by atoms with E-state index in [1.165, 1.54) is 0 Å². The highest BCUT2D eigenvalue weighted by Gasteiger charge is 2.03. The fourth-order valence-electron chi connectivity index (χ4n) is 1.30. The van der Waals surface area contributed by atoms with Gasteiger partial charge in [-0.2, -0.15) is 0 Å². The number of hydrogen-bond donors (Lipinski definition) is 1. The Morgan fingerprint density at radius 2 is 2.00 bits per heavy atom. The Bertz CT molecular complexity index is 394. The Morgan fingerprint density at radius 3 is 2.59 bits per heavy atom. The highest BCUT2D eigenvalue weighted by atomic mass is 35.5. The molecule has 1 aromatic rings. The van der Waals surface area contributed by atoms with Gasteiger partial charge < -0.3 is 10.2 Å². The summed E-state index contributed by atoms with van der Waals surface area (Å²) in [7, 11) is 3.52. The van der Waals surface area contributed by atoms with Crippen LogP contribution in [0.4, 0.5) is 5.69 Å². The van der Waals surface area contributed by atoms with Crippen molar-refractivity contribution in [3.63, 3.8) is 0 Å². The van der Waals surface area contributed by atoms with Crippen molar-refractivity contribution in [1.82, 2.24) is 4.90 Å². The molecule has 3 nitrogen and oxygen atoms in total. The summed E-state index contributed by atoms with van der Waals surface area (Å²) in [6.45, 7) is 0.734. The summed E-state index contributed by atoms with van der Waals surface area (Å²) in [4.78, 5) is 12.9. The van der Waals surface area contributed by atoms with Gasteiger partial charge in [0, 0.05) is 32.7 Å². The van der Waals surface area contributed by atoms with Crippen LogP contribution in [0.2, 0.25) is 10.0 Å². The molecule has 0 bridgehead atoms. The van der Waals surface area contributed by atoms with E-state index in [0.717, 1.165) is 18.7 Å². The molecule has 0 fully saturated rings. The number of hydrogen-bond acceptors (Lipinski definition) is 2. The van der Waals surface area contributed by atoms with E-state index in [-0.39, 0.29) is 5.91 Å². The first kappa shape index (κ1) is 14.1. The van der Waals surface area contributed by atoms with Crippen LogP contribution in [-0.4, -0.2) is 31.4 Å². The second kappa shape index (κ2) is 6.72. The molecule has 1 rings (SSSR count). The van der Waals surface area contributed by atoms with Crippen LogP contribution in [0.5, 0.6) is 0 Å². The van der Waals surface area contributed by atoms with E-state index in [1.54, 1.807) is 31.1 Å². The maximum atomic E-state index is 11.3. The minimum absolute atomic E-state index is 0.140. The molecular formula is C12H16Cl2N2O. The Balaban J connectivity index is 2.31. The van der Waals surface area contributed by atoms with Crippen molar-refractivity contribution in [3.8, 4) is 0 Å². The van der Waals surface area contributed by atoms with Crippen molar-refractivity contribution in [1.29, 1.82) is 0 Å². The van der Waals surface area contributed by atoms with E-state index < -0.39 is 0 Å². The molecule has 0 aliphatic heterocycles. The topological polar surface area (TPSA) is 32.3 Å². The van der Waals surface area contributed by atoms with E-state index >= 15 is 0 Å². The SMILES string of the molecule is CN(C)C(=O)CCCNc1ccc(Cl)c(Cl)c1. The van der Waals surface area contributed by atoms with Gasteiger partial charge in [0.25, 0.3) is 0 Å². The van der Waals surface area contributed by atoms with E-state index in [2.05, 4.69) is 5.32 Å². The first-order chi connectivity index (χ1) is 8.00. The van der Waals surface area contributed by atoms with Gasteiger partial charge in [-0.25, -0.2) is 0 Å². The second-order valence-corrected chi connectivity index (χ2v) is 4.76. The smallest absolute Gasteiger partial charge is 0.222 e. The molecule has 0 heterocycles. The van der Waals surface area contributed by atoms with Crippen LogP contribution >= 0.6 is 23.2 Å².